The molecule has 0 aromatic heterocycles. The van der Waals surface area contributed by atoms with Crippen LogP contribution in [0.15, 0.2) is 0 Å². The van der Waals surface area contributed by atoms with Gasteiger partial charge in [-0.3, -0.25) is 4.79 Å². The van der Waals surface area contributed by atoms with E-state index in [4.69, 9.17) is 15.9 Å². The van der Waals surface area contributed by atoms with Crippen LogP contribution in [0.1, 0.15) is 13.3 Å². The first kappa shape index (κ1) is 11.4. The third-order valence-corrected chi connectivity index (χ3v) is 1.50. The van der Waals surface area contributed by atoms with Crippen LogP contribution < -0.4 is 11.1 Å². The first-order chi connectivity index (χ1) is 5.61. The molecular formula is C7H16N2O3. The Balaban J connectivity index is 3.56. The second-order valence-electron chi connectivity index (χ2n) is 2.60. The second kappa shape index (κ2) is 5.93. The maximum atomic E-state index is 11.0. The van der Waals surface area contributed by atoms with Gasteiger partial charge in [0, 0.05) is 6.54 Å². The Morgan fingerprint density at radius 1 is 1.67 bits per heavy atom. The van der Waals surface area contributed by atoms with Gasteiger partial charge >= 0.3 is 0 Å². The molecule has 0 saturated heterocycles. The Morgan fingerprint density at radius 3 is 2.67 bits per heavy atom. The highest BCUT2D eigenvalue weighted by Gasteiger charge is 2.11. The number of aliphatic hydroxyl groups excluding tert-OH is 2. The third kappa shape index (κ3) is 4.27. The molecule has 0 rings (SSSR count). The van der Waals surface area contributed by atoms with Crippen LogP contribution in [0.5, 0.6) is 0 Å². The van der Waals surface area contributed by atoms with Gasteiger partial charge in [-0.1, -0.05) is 6.92 Å². The third-order valence-electron chi connectivity index (χ3n) is 1.50. The Bertz CT molecular complexity index is 141. The van der Waals surface area contributed by atoms with E-state index in [1.807, 2.05) is 0 Å². The van der Waals surface area contributed by atoms with Crippen LogP contribution in [0.25, 0.3) is 0 Å². The largest absolute Gasteiger partial charge is 0.394 e. The van der Waals surface area contributed by atoms with Crippen molar-refractivity contribution < 1.29 is 15.0 Å². The topological polar surface area (TPSA) is 95.6 Å². The lowest BCUT2D eigenvalue weighted by Gasteiger charge is -2.12. The molecule has 2 unspecified atom stereocenters. The molecule has 12 heavy (non-hydrogen) atoms. The van der Waals surface area contributed by atoms with Gasteiger partial charge in [-0.25, -0.2) is 0 Å². The summed E-state index contributed by atoms with van der Waals surface area (Å²) in [7, 11) is 0. The average Bonchev–Trinajstić information content (AvgIpc) is 2.11. The molecule has 0 radical (unpaired) electrons. The van der Waals surface area contributed by atoms with Gasteiger partial charge in [0.1, 0.15) is 0 Å². The molecule has 0 heterocycles. The zero-order valence-electron chi connectivity index (χ0n) is 7.16. The van der Waals surface area contributed by atoms with Gasteiger partial charge in [-0.05, 0) is 6.42 Å². The molecule has 5 heteroatoms. The van der Waals surface area contributed by atoms with Crippen LogP contribution in [0.4, 0.5) is 0 Å². The van der Waals surface area contributed by atoms with E-state index in [9.17, 15) is 4.79 Å². The van der Waals surface area contributed by atoms with Crippen molar-refractivity contribution in [2.24, 2.45) is 5.73 Å². The lowest BCUT2D eigenvalue weighted by molar-refractivity contribution is -0.122. The van der Waals surface area contributed by atoms with E-state index in [-0.39, 0.29) is 19.1 Å². The summed E-state index contributed by atoms with van der Waals surface area (Å²) in [6.07, 6.45) is -0.348. The molecule has 5 N–H and O–H groups in total. The van der Waals surface area contributed by atoms with Crippen LogP contribution in [0.2, 0.25) is 0 Å². The SMILES string of the molecule is CCC(N)C(=O)NCC(O)CO. The number of aliphatic hydroxyl groups is 2. The summed E-state index contributed by atoms with van der Waals surface area (Å²) in [6, 6.07) is -0.532. The first-order valence-corrected chi connectivity index (χ1v) is 3.94. The summed E-state index contributed by atoms with van der Waals surface area (Å²) in [6.45, 7) is 1.48. The quantitative estimate of drug-likeness (QED) is 0.397. The van der Waals surface area contributed by atoms with Gasteiger partial charge in [0.05, 0.1) is 18.8 Å². The summed E-state index contributed by atoms with van der Waals surface area (Å²) in [5.41, 5.74) is 5.39. The number of hydrogen-bond donors (Lipinski definition) is 4. The summed E-state index contributed by atoms with van der Waals surface area (Å²) < 4.78 is 0. The van der Waals surface area contributed by atoms with E-state index < -0.39 is 12.1 Å². The molecule has 0 aliphatic heterocycles. The lowest BCUT2D eigenvalue weighted by Crippen LogP contribution is -2.43. The summed E-state index contributed by atoms with van der Waals surface area (Å²) in [5, 5.41) is 19.7. The van der Waals surface area contributed by atoms with Gasteiger partial charge < -0.3 is 21.3 Å². The zero-order chi connectivity index (χ0) is 9.56. The molecule has 1 amide bonds. The number of carbonyl (C=O) groups excluding carboxylic acids is 1. The molecule has 0 aliphatic rings. The van der Waals surface area contributed by atoms with E-state index in [1.54, 1.807) is 6.92 Å². The van der Waals surface area contributed by atoms with Gasteiger partial charge in [0.25, 0.3) is 0 Å². The summed E-state index contributed by atoms with van der Waals surface area (Å²) in [4.78, 5) is 11.0. The van der Waals surface area contributed by atoms with E-state index in [0.29, 0.717) is 6.42 Å². The Kier molecular flexibility index (Phi) is 5.61. The molecule has 2 atom stereocenters. The van der Waals surface area contributed by atoms with Crippen LogP contribution in [-0.4, -0.2) is 41.4 Å². The molecule has 0 aliphatic carbocycles. The first-order valence-electron chi connectivity index (χ1n) is 3.94. The van der Waals surface area contributed by atoms with Crippen molar-refractivity contribution in [3.05, 3.63) is 0 Å². The molecule has 0 spiro atoms. The highest BCUT2D eigenvalue weighted by molar-refractivity contribution is 5.81. The maximum Gasteiger partial charge on any atom is 0.236 e. The normalized spacial score (nSPS) is 15.3. The molecule has 0 aromatic rings. The fourth-order valence-corrected chi connectivity index (χ4v) is 0.599. The number of hydrogen-bond acceptors (Lipinski definition) is 4. The number of rotatable bonds is 5. The summed E-state index contributed by atoms with van der Waals surface area (Å²) in [5.74, 6) is -0.301. The smallest absolute Gasteiger partial charge is 0.236 e. The molecule has 5 nitrogen and oxygen atoms in total. The van der Waals surface area contributed by atoms with Crippen molar-refractivity contribution in [2.75, 3.05) is 13.2 Å². The molecule has 0 aromatic carbocycles. The van der Waals surface area contributed by atoms with Gasteiger partial charge in [0.2, 0.25) is 5.91 Å². The Labute approximate surface area is 71.6 Å². The van der Waals surface area contributed by atoms with Gasteiger partial charge in [-0.2, -0.15) is 0 Å². The van der Waals surface area contributed by atoms with Crippen LogP contribution in [-0.2, 0) is 4.79 Å². The highest BCUT2D eigenvalue weighted by atomic mass is 16.3. The molecule has 0 fully saturated rings. The molecule has 0 saturated carbocycles. The minimum Gasteiger partial charge on any atom is -0.394 e. The number of nitrogens with two attached hydrogens (primary N) is 1. The Morgan fingerprint density at radius 2 is 2.25 bits per heavy atom. The fraction of sp³-hybridized carbons (Fsp3) is 0.857. The predicted octanol–water partition coefficient (Wildman–Crippen LogP) is -1.81. The zero-order valence-corrected chi connectivity index (χ0v) is 7.16. The van der Waals surface area contributed by atoms with Crippen molar-refractivity contribution in [2.45, 2.75) is 25.5 Å². The monoisotopic (exact) mass is 176 g/mol. The van der Waals surface area contributed by atoms with Gasteiger partial charge in [-0.15, -0.1) is 0 Å². The summed E-state index contributed by atoms with van der Waals surface area (Å²) >= 11 is 0. The van der Waals surface area contributed by atoms with Crippen LogP contribution >= 0.6 is 0 Å². The standard InChI is InChI=1S/C7H16N2O3/c1-2-6(8)7(12)9-3-5(11)4-10/h5-6,10-11H,2-4,8H2,1H3,(H,9,12). The predicted molar refractivity (Wildman–Crippen MR) is 44.4 cm³/mol. The van der Waals surface area contributed by atoms with Crippen molar-refractivity contribution in [3.8, 4) is 0 Å². The molecular weight excluding hydrogens is 160 g/mol. The average molecular weight is 176 g/mol. The van der Waals surface area contributed by atoms with E-state index in [1.165, 1.54) is 0 Å². The second-order valence-corrected chi connectivity index (χ2v) is 2.60. The maximum absolute atomic E-state index is 11.0. The fourth-order valence-electron chi connectivity index (χ4n) is 0.599. The number of nitrogens with one attached hydrogen (secondary N) is 1. The molecule has 72 valence electrons. The van der Waals surface area contributed by atoms with Crippen molar-refractivity contribution >= 4 is 5.91 Å². The van der Waals surface area contributed by atoms with Gasteiger partial charge in [0.15, 0.2) is 0 Å². The van der Waals surface area contributed by atoms with Crippen molar-refractivity contribution in [1.29, 1.82) is 0 Å². The Hall–Kier alpha value is -0.650. The highest BCUT2D eigenvalue weighted by Crippen LogP contribution is 1.85. The minimum atomic E-state index is -0.905. The molecule has 0 bridgehead atoms. The van der Waals surface area contributed by atoms with Crippen molar-refractivity contribution in [1.82, 2.24) is 5.32 Å². The van der Waals surface area contributed by atoms with E-state index in [2.05, 4.69) is 5.32 Å². The number of carbonyl (C=O) groups is 1. The van der Waals surface area contributed by atoms with Crippen LogP contribution in [0, 0.1) is 0 Å². The van der Waals surface area contributed by atoms with E-state index in [0.717, 1.165) is 0 Å². The lowest BCUT2D eigenvalue weighted by atomic mass is 10.2. The van der Waals surface area contributed by atoms with Crippen LogP contribution in [0.3, 0.4) is 0 Å². The van der Waals surface area contributed by atoms with E-state index >= 15 is 0 Å². The van der Waals surface area contributed by atoms with Crippen molar-refractivity contribution in [3.63, 3.8) is 0 Å². The number of amides is 1. The minimum absolute atomic E-state index is 0.0447.